The number of amides is 2. The van der Waals surface area contributed by atoms with Crippen molar-refractivity contribution in [3.63, 3.8) is 0 Å². The molecule has 0 spiro atoms. The van der Waals surface area contributed by atoms with Gasteiger partial charge in [0.25, 0.3) is 0 Å². The van der Waals surface area contributed by atoms with E-state index in [-0.39, 0.29) is 11.8 Å². The summed E-state index contributed by atoms with van der Waals surface area (Å²) in [5.74, 6) is 0.328. The van der Waals surface area contributed by atoms with Crippen LogP contribution in [0.3, 0.4) is 0 Å². The van der Waals surface area contributed by atoms with E-state index >= 15 is 0 Å². The maximum atomic E-state index is 12.1. The zero-order valence-corrected chi connectivity index (χ0v) is 16.3. The second-order valence-electron chi connectivity index (χ2n) is 6.02. The van der Waals surface area contributed by atoms with E-state index in [0.717, 1.165) is 21.9 Å². The molecule has 2 amide bonds. The summed E-state index contributed by atoms with van der Waals surface area (Å²) in [6.07, 6.45) is 1.10. The lowest BCUT2D eigenvalue weighted by Crippen LogP contribution is -2.42. The Morgan fingerprint density at radius 1 is 1.27 bits per heavy atom. The Hall–Kier alpha value is -2.48. The summed E-state index contributed by atoms with van der Waals surface area (Å²) in [5.41, 5.74) is 2.24. The molecule has 140 valence electrons. The van der Waals surface area contributed by atoms with Gasteiger partial charge in [0.2, 0.25) is 16.9 Å². The summed E-state index contributed by atoms with van der Waals surface area (Å²) >= 11 is 1.30. The topological polar surface area (TPSA) is 93.2 Å². The first-order chi connectivity index (χ1) is 12.4. The molecule has 0 aliphatic rings. The van der Waals surface area contributed by atoms with Crippen LogP contribution >= 0.6 is 11.3 Å². The van der Waals surface area contributed by atoms with E-state index in [0.29, 0.717) is 24.6 Å². The third-order valence-electron chi connectivity index (χ3n) is 3.72. The van der Waals surface area contributed by atoms with Gasteiger partial charge >= 0.3 is 0 Å². The minimum atomic E-state index is -0.576. The molecule has 0 saturated heterocycles. The first kappa shape index (κ1) is 19.8. The molecule has 0 radical (unpaired) electrons. The van der Waals surface area contributed by atoms with Crippen LogP contribution in [0, 0.1) is 13.8 Å². The highest BCUT2D eigenvalue weighted by Crippen LogP contribution is 2.20. The van der Waals surface area contributed by atoms with Crippen molar-refractivity contribution < 1.29 is 14.3 Å². The maximum Gasteiger partial charge on any atom is 0.248 e. The number of carbonyl (C=O) groups is 2. The molecule has 2 N–H and O–H groups in total. The molecule has 2 rings (SSSR count). The van der Waals surface area contributed by atoms with Crippen LogP contribution in [0.5, 0.6) is 5.75 Å². The number of nitrogens with zero attached hydrogens (tertiary/aromatic N) is 2. The molecule has 7 nitrogen and oxygen atoms in total. The van der Waals surface area contributed by atoms with Gasteiger partial charge in [-0.3, -0.25) is 14.9 Å². The standard InChI is InChI=1S/C18H24N4O3S/c1-5-14(19-13(4)23)17(24)20-18-22-21-16(26-18)8-9-25-15-10-11(2)6-7-12(15)3/h6-7,10,14H,5,8-9H2,1-4H3,(H,19,23)(H,20,22,24)/t14-/m1/s1. The molecule has 0 fully saturated rings. The molecule has 1 aromatic carbocycles. The van der Waals surface area contributed by atoms with E-state index in [1.165, 1.54) is 18.3 Å². The van der Waals surface area contributed by atoms with Crippen LogP contribution in [0.4, 0.5) is 5.13 Å². The number of rotatable bonds is 8. The van der Waals surface area contributed by atoms with Crippen molar-refractivity contribution >= 4 is 28.3 Å². The van der Waals surface area contributed by atoms with Crippen LogP contribution in [-0.2, 0) is 16.0 Å². The van der Waals surface area contributed by atoms with Crippen molar-refractivity contribution in [2.75, 3.05) is 11.9 Å². The molecular formula is C18H24N4O3S. The SMILES string of the molecule is CC[C@@H](NC(C)=O)C(=O)Nc1nnc(CCOc2cc(C)ccc2C)s1. The van der Waals surface area contributed by atoms with E-state index in [1.54, 1.807) is 0 Å². The maximum absolute atomic E-state index is 12.1. The minimum absolute atomic E-state index is 0.242. The number of hydrogen-bond donors (Lipinski definition) is 2. The highest BCUT2D eigenvalue weighted by molar-refractivity contribution is 7.15. The van der Waals surface area contributed by atoms with Gasteiger partial charge in [0.05, 0.1) is 6.61 Å². The van der Waals surface area contributed by atoms with Gasteiger partial charge in [-0.25, -0.2) is 0 Å². The zero-order chi connectivity index (χ0) is 19.1. The Balaban J connectivity index is 1.86. The van der Waals surface area contributed by atoms with Gasteiger partial charge in [-0.1, -0.05) is 30.4 Å². The Morgan fingerprint density at radius 2 is 2.04 bits per heavy atom. The molecule has 26 heavy (non-hydrogen) atoms. The highest BCUT2D eigenvalue weighted by atomic mass is 32.1. The minimum Gasteiger partial charge on any atom is -0.493 e. The van der Waals surface area contributed by atoms with Crippen LogP contribution in [0.15, 0.2) is 18.2 Å². The van der Waals surface area contributed by atoms with E-state index in [1.807, 2.05) is 39.0 Å². The Bertz CT molecular complexity index is 776. The summed E-state index contributed by atoms with van der Waals surface area (Å²) in [6.45, 7) is 7.73. The van der Waals surface area contributed by atoms with Crippen molar-refractivity contribution in [3.05, 3.63) is 34.3 Å². The van der Waals surface area contributed by atoms with E-state index in [4.69, 9.17) is 4.74 Å². The van der Waals surface area contributed by atoms with Gasteiger partial charge in [0.1, 0.15) is 16.8 Å². The van der Waals surface area contributed by atoms with Crippen molar-refractivity contribution in [2.24, 2.45) is 0 Å². The molecule has 2 aromatic rings. The smallest absolute Gasteiger partial charge is 0.248 e. The number of carbonyl (C=O) groups excluding carboxylic acids is 2. The van der Waals surface area contributed by atoms with Gasteiger partial charge in [-0.15, -0.1) is 10.2 Å². The Kier molecular flexibility index (Phi) is 7.08. The molecule has 0 aliphatic heterocycles. The number of benzene rings is 1. The molecule has 0 bridgehead atoms. The molecule has 1 atom stereocenters. The van der Waals surface area contributed by atoms with Gasteiger partial charge in [-0.2, -0.15) is 0 Å². The lowest BCUT2D eigenvalue weighted by Gasteiger charge is -2.13. The largest absolute Gasteiger partial charge is 0.493 e. The quantitative estimate of drug-likeness (QED) is 0.739. The van der Waals surface area contributed by atoms with E-state index < -0.39 is 6.04 Å². The fourth-order valence-corrected chi connectivity index (χ4v) is 3.03. The number of aromatic nitrogens is 2. The molecular weight excluding hydrogens is 352 g/mol. The first-order valence-electron chi connectivity index (χ1n) is 8.49. The van der Waals surface area contributed by atoms with Crippen LogP contribution in [0.25, 0.3) is 0 Å². The lowest BCUT2D eigenvalue weighted by molar-refractivity contribution is -0.125. The van der Waals surface area contributed by atoms with Crippen molar-refractivity contribution in [1.29, 1.82) is 0 Å². The lowest BCUT2D eigenvalue weighted by atomic mass is 10.1. The van der Waals surface area contributed by atoms with Crippen LogP contribution in [0.2, 0.25) is 0 Å². The predicted molar refractivity (Wildman–Crippen MR) is 102 cm³/mol. The van der Waals surface area contributed by atoms with Crippen molar-refractivity contribution in [3.8, 4) is 5.75 Å². The molecule has 0 unspecified atom stereocenters. The van der Waals surface area contributed by atoms with Crippen LogP contribution < -0.4 is 15.4 Å². The number of ether oxygens (including phenoxy) is 1. The zero-order valence-electron chi connectivity index (χ0n) is 15.5. The number of anilines is 1. The second-order valence-corrected chi connectivity index (χ2v) is 7.08. The summed E-state index contributed by atoms with van der Waals surface area (Å²) in [4.78, 5) is 23.3. The van der Waals surface area contributed by atoms with Gasteiger partial charge in [0.15, 0.2) is 0 Å². The number of aryl methyl sites for hydroxylation is 2. The summed E-state index contributed by atoms with van der Waals surface area (Å²) in [5, 5.41) is 14.5. The third kappa shape index (κ3) is 5.80. The Morgan fingerprint density at radius 3 is 2.73 bits per heavy atom. The van der Waals surface area contributed by atoms with Gasteiger partial charge in [-0.05, 0) is 37.5 Å². The predicted octanol–water partition coefficient (Wildman–Crippen LogP) is 2.63. The van der Waals surface area contributed by atoms with Crippen molar-refractivity contribution in [1.82, 2.24) is 15.5 Å². The third-order valence-corrected chi connectivity index (χ3v) is 4.61. The monoisotopic (exact) mass is 376 g/mol. The second kappa shape index (κ2) is 9.28. The molecule has 0 aliphatic carbocycles. The first-order valence-corrected chi connectivity index (χ1v) is 9.31. The molecule has 8 heteroatoms. The summed E-state index contributed by atoms with van der Waals surface area (Å²) in [6, 6.07) is 5.51. The van der Waals surface area contributed by atoms with Gasteiger partial charge in [0, 0.05) is 13.3 Å². The average molecular weight is 376 g/mol. The fraction of sp³-hybridized carbons (Fsp3) is 0.444. The van der Waals surface area contributed by atoms with E-state index in [2.05, 4.69) is 20.8 Å². The number of hydrogen-bond acceptors (Lipinski definition) is 6. The summed E-state index contributed by atoms with van der Waals surface area (Å²) in [7, 11) is 0. The molecule has 1 aromatic heterocycles. The van der Waals surface area contributed by atoms with E-state index in [9.17, 15) is 9.59 Å². The number of nitrogens with one attached hydrogen (secondary N) is 2. The van der Waals surface area contributed by atoms with Crippen LogP contribution in [-0.4, -0.2) is 34.7 Å². The Labute approximate surface area is 157 Å². The molecule has 0 saturated carbocycles. The summed E-state index contributed by atoms with van der Waals surface area (Å²) < 4.78 is 5.82. The van der Waals surface area contributed by atoms with Crippen molar-refractivity contribution in [2.45, 2.75) is 46.6 Å². The van der Waals surface area contributed by atoms with Gasteiger partial charge < -0.3 is 10.1 Å². The average Bonchev–Trinajstić information content (AvgIpc) is 3.02. The van der Waals surface area contributed by atoms with Crippen LogP contribution in [0.1, 0.15) is 36.4 Å². The fourth-order valence-electron chi connectivity index (χ4n) is 2.31. The normalized spacial score (nSPS) is 11.7. The highest BCUT2D eigenvalue weighted by Gasteiger charge is 2.18. The molecule has 1 heterocycles.